The Morgan fingerprint density at radius 1 is 1.41 bits per heavy atom. The molecule has 2 aromatic rings. The van der Waals surface area contributed by atoms with Gasteiger partial charge in [-0.05, 0) is 40.2 Å². The number of aliphatic imine (C=N–C) groups is 1. The summed E-state index contributed by atoms with van der Waals surface area (Å²) in [5, 5.41) is 2.44. The van der Waals surface area contributed by atoms with Gasteiger partial charge < -0.3 is 15.2 Å². The van der Waals surface area contributed by atoms with Crippen LogP contribution in [0, 0.1) is 5.82 Å². The van der Waals surface area contributed by atoms with E-state index < -0.39 is 24.1 Å². The number of carbonyl (C=O) groups is 1. The number of halogens is 3. The van der Waals surface area contributed by atoms with Gasteiger partial charge in [-0.25, -0.2) is 18.6 Å². The van der Waals surface area contributed by atoms with Crippen LogP contribution in [0.2, 0.25) is 0 Å². The molecule has 0 saturated heterocycles. The molecule has 1 amide bonds. The lowest BCUT2D eigenvalue weighted by molar-refractivity contribution is 0.0809. The summed E-state index contributed by atoms with van der Waals surface area (Å²) in [5.41, 5.74) is 4.15. The average Bonchev–Trinajstić information content (AvgIpc) is 2.65. The van der Waals surface area contributed by atoms with Crippen LogP contribution in [-0.2, 0) is 10.3 Å². The molecular formula is C17H15BrF2N4O3. The number of alkyl halides is 1. The summed E-state index contributed by atoms with van der Waals surface area (Å²) in [5.74, 6) is -0.545. The lowest BCUT2D eigenvalue weighted by Gasteiger charge is -2.31. The van der Waals surface area contributed by atoms with Crippen LogP contribution in [0.1, 0.15) is 5.56 Å². The minimum atomic E-state index is -1.60. The van der Waals surface area contributed by atoms with Crippen LogP contribution in [-0.4, -0.2) is 36.8 Å². The fraction of sp³-hybridized carbons (Fsp3) is 0.235. The number of nitrogens with two attached hydrogens (primary N) is 1. The maximum absolute atomic E-state index is 14.3. The quantitative estimate of drug-likeness (QED) is 0.760. The Kier molecular flexibility index (Phi) is 5.66. The Morgan fingerprint density at radius 3 is 2.89 bits per heavy atom. The number of carbonyl (C=O) groups excluding carboxylic acids is 1. The predicted octanol–water partition coefficient (Wildman–Crippen LogP) is 3.15. The standard InChI is InChI=1S/C17H15BrF2N4O3/c18-10-1-4-15(22-6-10)27-16(25)23-11-2-3-13(20)12(5-11)17(8-19)9-26-7-14(21)24-17/h1-6H,7-9H2,(H2,21,24)(H,23,25). The van der Waals surface area contributed by atoms with E-state index in [-0.39, 0.29) is 36.2 Å². The number of hydrogen-bond acceptors (Lipinski definition) is 6. The Hall–Kier alpha value is -2.59. The van der Waals surface area contributed by atoms with E-state index in [0.717, 1.165) is 10.5 Å². The van der Waals surface area contributed by atoms with Crippen molar-refractivity contribution in [3.63, 3.8) is 0 Å². The molecule has 142 valence electrons. The summed E-state index contributed by atoms with van der Waals surface area (Å²) in [6.45, 7) is -1.13. The van der Waals surface area contributed by atoms with Gasteiger partial charge in [-0.1, -0.05) is 0 Å². The number of pyridine rings is 1. The van der Waals surface area contributed by atoms with Gasteiger partial charge in [0, 0.05) is 28.0 Å². The van der Waals surface area contributed by atoms with Gasteiger partial charge in [0.1, 0.15) is 30.5 Å². The number of ether oxygens (including phenoxy) is 2. The van der Waals surface area contributed by atoms with Gasteiger partial charge in [0.15, 0.2) is 0 Å². The molecule has 0 spiro atoms. The van der Waals surface area contributed by atoms with Gasteiger partial charge in [0.2, 0.25) is 5.88 Å². The number of nitrogens with zero attached hydrogens (tertiary/aromatic N) is 2. The molecule has 1 aliphatic rings. The number of rotatable bonds is 4. The Labute approximate surface area is 161 Å². The van der Waals surface area contributed by atoms with Crippen molar-refractivity contribution in [2.24, 2.45) is 10.7 Å². The van der Waals surface area contributed by atoms with Crippen LogP contribution in [0.25, 0.3) is 0 Å². The summed E-state index contributed by atoms with van der Waals surface area (Å²) in [6.07, 6.45) is 0.634. The van der Waals surface area contributed by atoms with Gasteiger partial charge in [-0.2, -0.15) is 0 Å². The Morgan fingerprint density at radius 2 is 2.22 bits per heavy atom. The van der Waals surface area contributed by atoms with Gasteiger partial charge in [-0.15, -0.1) is 0 Å². The van der Waals surface area contributed by atoms with Crippen molar-refractivity contribution in [3.8, 4) is 5.88 Å². The summed E-state index contributed by atoms with van der Waals surface area (Å²) in [6, 6.07) is 6.84. The molecule has 27 heavy (non-hydrogen) atoms. The van der Waals surface area contributed by atoms with Crippen LogP contribution >= 0.6 is 15.9 Å². The molecule has 3 N–H and O–H groups in total. The molecule has 0 fully saturated rings. The van der Waals surface area contributed by atoms with E-state index in [9.17, 15) is 13.6 Å². The third kappa shape index (κ3) is 4.40. The summed E-state index contributed by atoms with van der Waals surface area (Å²) >= 11 is 3.22. The molecule has 1 aromatic heterocycles. The van der Waals surface area contributed by atoms with E-state index in [1.165, 1.54) is 24.4 Å². The predicted molar refractivity (Wildman–Crippen MR) is 98.1 cm³/mol. The second kappa shape index (κ2) is 7.97. The minimum Gasteiger partial charge on any atom is -0.391 e. The van der Waals surface area contributed by atoms with Crippen LogP contribution < -0.4 is 15.8 Å². The van der Waals surface area contributed by atoms with E-state index in [1.54, 1.807) is 6.07 Å². The highest BCUT2D eigenvalue weighted by molar-refractivity contribution is 9.10. The Bertz CT molecular complexity index is 879. The molecule has 7 nitrogen and oxygen atoms in total. The van der Waals surface area contributed by atoms with Crippen LogP contribution in [0.15, 0.2) is 46.0 Å². The number of aromatic nitrogens is 1. The fourth-order valence-corrected chi connectivity index (χ4v) is 2.80. The van der Waals surface area contributed by atoms with Gasteiger partial charge in [0.25, 0.3) is 0 Å². The average molecular weight is 441 g/mol. The molecule has 1 unspecified atom stereocenters. The van der Waals surface area contributed by atoms with Crippen LogP contribution in [0.3, 0.4) is 0 Å². The monoisotopic (exact) mass is 440 g/mol. The summed E-state index contributed by atoms with van der Waals surface area (Å²) in [7, 11) is 0. The molecule has 1 atom stereocenters. The number of hydrogen-bond donors (Lipinski definition) is 2. The third-order valence-electron chi connectivity index (χ3n) is 3.78. The molecule has 0 bridgehead atoms. The minimum absolute atomic E-state index is 0.0494. The van der Waals surface area contributed by atoms with E-state index in [0.29, 0.717) is 0 Å². The number of amides is 1. The van der Waals surface area contributed by atoms with Crippen molar-refractivity contribution in [1.29, 1.82) is 0 Å². The number of anilines is 1. The van der Waals surface area contributed by atoms with Gasteiger partial charge >= 0.3 is 6.09 Å². The summed E-state index contributed by atoms with van der Waals surface area (Å²) < 4.78 is 39.1. The van der Waals surface area contributed by atoms with E-state index in [2.05, 4.69) is 31.2 Å². The zero-order valence-electron chi connectivity index (χ0n) is 13.9. The lowest BCUT2D eigenvalue weighted by Crippen LogP contribution is -2.42. The van der Waals surface area contributed by atoms with E-state index in [1.807, 2.05) is 0 Å². The first-order valence-electron chi connectivity index (χ1n) is 7.80. The summed E-state index contributed by atoms with van der Waals surface area (Å²) in [4.78, 5) is 20.0. The van der Waals surface area contributed by atoms with Crippen LogP contribution in [0.4, 0.5) is 19.3 Å². The topological polar surface area (TPSA) is 98.8 Å². The highest BCUT2D eigenvalue weighted by Crippen LogP contribution is 2.33. The fourth-order valence-electron chi connectivity index (χ4n) is 2.56. The highest BCUT2D eigenvalue weighted by atomic mass is 79.9. The highest BCUT2D eigenvalue weighted by Gasteiger charge is 2.38. The zero-order valence-corrected chi connectivity index (χ0v) is 15.5. The molecule has 10 heteroatoms. The van der Waals surface area contributed by atoms with E-state index >= 15 is 0 Å². The smallest absolute Gasteiger partial charge is 0.391 e. The van der Waals surface area contributed by atoms with Crippen LogP contribution in [0.5, 0.6) is 5.88 Å². The molecule has 1 aromatic carbocycles. The first-order valence-corrected chi connectivity index (χ1v) is 8.59. The second-order valence-electron chi connectivity index (χ2n) is 5.78. The second-order valence-corrected chi connectivity index (χ2v) is 6.70. The molecule has 3 rings (SSSR count). The van der Waals surface area contributed by atoms with Crippen molar-refractivity contribution in [2.45, 2.75) is 5.54 Å². The SMILES string of the molecule is NC1=NC(CF)(c2cc(NC(=O)Oc3ccc(Br)cn3)ccc2F)COC1. The molecule has 1 aliphatic heterocycles. The van der Waals surface area contributed by atoms with Crippen molar-refractivity contribution >= 4 is 33.5 Å². The zero-order chi connectivity index (χ0) is 19.4. The lowest BCUT2D eigenvalue weighted by atomic mass is 9.91. The molecule has 0 saturated carbocycles. The number of nitrogens with one attached hydrogen (secondary N) is 1. The molecule has 0 aliphatic carbocycles. The molecular weight excluding hydrogens is 426 g/mol. The molecule has 2 heterocycles. The largest absolute Gasteiger partial charge is 0.418 e. The number of benzene rings is 1. The first kappa shape index (κ1) is 19.2. The number of amidine groups is 1. The third-order valence-corrected chi connectivity index (χ3v) is 4.25. The van der Waals surface area contributed by atoms with Crippen molar-refractivity contribution in [2.75, 3.05) is 25.2 Å². The first-order chi connectivity index (χ1) is 12.9. The Balaban J connectivity index is 1.81. The maximum atomic E-state index is 14.3. The van der Waals surface area contributed by atoms with Crippen molar-refractivity contribution in [3.05, 3.63) is 52.4 Å². The van der Waals surface area contributed by atoms with Crippen molar-refractivity contribution < 1.29 is 23.0 Å². The van der Waals surface area contributed by atoms with E-state index in [4.69, 9.17) is 15.2 Å². The molecule has 0 radical (unpaired) electrons. The van der Waals surface area contributed by atoms with Crippen molar-refractivity contribution in [1.82, 2.24) is 4.98 Å². The van der Waals surface area contributed by atoms with Gasteiger partial charge in [0.05, 0.1) is 6.61 Å². The normalized spacial score (nSPS) is 19.3. The van der Waals surface area contributed by atoms with Gasteiger partial charge in [-0.3, -0.25) is 10.3 Å². The maximum Gasteiger partial charge on any atom is 0.418 e.